The molecule has 4 heteroatoms. The normalized spacial score (nSPS) is 15.8. The standard InChI is InChI=1S/C8H10O4/c1-2-11-8(10)12-7-4-3-6(9)5-7/h5H,2-4H2,1H3. The number of hydrogen-bond acceptors (Lipinski definition) is 4. The molecule has 0 atom stereocenters. The van der Waals surface area contributed by atoms with E-state index >= 15 is 0 Å². The average Bonchev–Trinajstić information content (AvgIpc) is 2.36. The van der Waals surface area contributed by atoms with E-state index in [1.54, 1.807) is 6.92 Å². The highest BCUT2D eigenvalue weighted by molar-refractivity contribution is 5.92. The van der Waals surface area contributed by atoms with Crippen LogP contribution in [-0.4, -0.2) is 18.5 Å². The summed E-state index contributed by atoms with van der Waals surface area (Å²) in [5, 5.41) is 0. The minimum absolute atomic E-state index is 0.00528. The van der Waals surface area contributed by atoms with Crippen molar-refractivity contribution >= 4 is 11.9 Å². The molecular formula is C8H10O4. The zero-order chi connectivity index (χ0) is 8.97. The number of ketones is 1. The fourth-order valence-electron chi connectivity index (χ4n) is 0.905. The average molecular weight is 170 g/mol. The molecule has 4 nitrogen and oxygen atoms in total. The second-order valence-electron chi connectivity index (χ2n) is 2.36. The van der Waals surface area contributed by atoms with Gasteiger partial charge in [0.05, 0.1) is 6.61 Å². The van der Waals surface area contributed by atoms with Crippen LogP contribution in [-0.2, 0) is 14.3 Å². The highest BCUT2D eigenvalue weighted by Crippen LogP contribution is 2.16. The fraction of sp³-hybridized carbons (Fsp3) is 0.500. The van der Waals surface area contributed by atoms with Crippen molar-refractivity contribution in [2.45, 2.75) is 19.8 Å². The lowest BCUT2D eigenvalue weighted by atomic mass is 10.3. The zero-order valence-corrected chi connectivity index (χ0v) is 6.83. The van der Waals surface area contributed by atoms with Crippen molar-refractivity contribution in [1.82, 2.24) is 0 Å². The summed E-state index contributed by atoms with van der Waals surface area (Å²) in [5.74, 6) is 0.396. The van der Waals surface area contributed by atoms with Gasteiger partial charge in [0.2, 0.25) is 0 Å². The Kier molecular flexibility index (Phi) is 2.85. The molecule has 0 aliphatic heterocycles. The molecule has 1 rings (SSSR count). The van der Waals surface area contributed by atoms with Crippen LogP contribution >= 0.6 is 0 Å². The van der Waals surface area contributed by atoms with Crippen LogP contribution in [0.5, 0.6) is 0 Å². The van der Waals surface area contributed by atoms with Gasteiger partial charge in [-0.1, -0.05) is 0 Å². The van der Waals surface area contributed by atoms with Crippen LogP contribution < -0.4 is 0 Å². The SMILES string of the molecule is CCOC(=O)OC1=CC(=O)CC1. The van der Waals surface area contributed by atoms with E-state index in [1.807, 2.05) is 0 Å². The van der Waals surface area contributed by atoms with Crippen LogP contribution in [0.3, 0.4) is 0 Å². The number of ether oxygens (including phenoxy) is 2. The Hall–Kier alpha value is -1.32. The minimum atomic E-state index is -0.738. The first-order chi connectivity index (χ1) is 5.72. The Morgan fingerprint density at radius 1 is 1.58 bits per heavy atom. The third kappa shape index (κ3) is 2.38. The van der Waals surface area contributed by atoms with Gasteiger partial charge in [0.15, 0.2) is 5.78 Å². The first-order valence-corrected chi connectivity index (χ1v) is 3.80. The van der Waals surface area contributed by atoms with Gasteiger partial charge in [-0.25, -0.2) is 4.79 Å². The first-order valence-electron chi connectivity index (χ1n) is 3.80. The minimum Gasteiger partial charge on any atom is -0.434 e. The van der Waals surface area contributed by atoms with Crippen molar-refractivity contribution in [3.63, 3.8) is 0 Å². The van der Waals surface area contributed by atoms with Gasteiger partial charge in [-0.15, -0.1) is 0 Å². The van der Waals surface area contributed by atoms with Gasteiger partial charge < -0.3 is 9.47 Å². The molecule has 1 aliphatic rings. The van der Waals surface area contributed by atoms with E-state index in [2.05, 4.69) is 4.74 Å². The molecule has 0 heterocycles. The van der Waals surface area contributed by atoms with Crippen molar-refractivity contribution in [2.24, 2.45) is 0 Å². The zero-order valence-electron chi connectivity index (χ0n) is 6.83. The lowest BCUT2D eigenvalue weighted by Crippen LogP contribution is -2.05. The summed E-state index contributed by atoms with van der Waals surface area (Å²) in [7, 11) is 0. The van der Waals surface area contributed by atoms with E-state index in [4.69, 9.17) is 4.74 Å². The quantitative estimate of drug-likeness (QED) is 0.588. The molecule has 0 amide bonds. The number of carbonyl (C=O) groups is 2. The Balaban J connectivity index is 2.36. The summed E-state index contributed by atoms with van der Waals surface area (Å²) in [6, 6.07) is 0. The Labute approximate surface area is 70.1 Å². The van der Waals surface area contributed by atoms with Crippen LogP contribution in [0.1, 0.15) is 19.8 Å². The number of hydrogen-bond donors (Lipinski definition) is 0. The van der Waals surface area contributed by atoms with Gasteiger partial charge in [0.25, 0.3) is 0 Å². The maximum atomic E-state index is 10.7. The molecule has 0 radical (unpaired) electrons. The van der Waals surface area contributed by atoms with Crippen molar-refractivity contribution in [3.05, 3.63) is 11.8 Å². The molecule has 0 saturated carbocycles. The highest BCUT2D eigenvalue weighted by atomic mass is 16.7. The predicted octanol–water partition coefficient (Wildman–Crippen LogP) is 1.41. The molecule has 0 aromatic heterocycles. The largest absolute Gasteiger partial charge is 0.513 e. The monoisotopic (exact) mass is 170 g/mol. The Morgan fingerprint density at radius 2 is 2.33 bits per heavy atom. The van der Waals surface area contributed by atoms with Crippen LogP contribution in [0.2, 0.25) is 0 Å². The molecule has 0 fully saturated rings. The fourth-order valence-corrected chi connectivity index (χ4v) is 0.905. The smallest absolute Gasteiger partial charge is 0.434 e. The van der Waals surface area contributed by atoms with Gasteiger partial charge in [0, 0.05) is 18.9 Å². The van der Waals surface area contributed by atoms with E-state index < -0.39 is 6.16 Å². The molecule has 66 valence electrons. The summed E-state index contributed by atoms with van der Waals surface area (Å²) in [6.07, 6.45) is 1.52. The molecule has 12 heavy (non-hydrogen) atoms. The Morgan fingerprint density at radius 3 is 2.83 bits per heavy atom. The molecule has 0 N–H and O–H groups in total. The predicted molar refractivity (Wildman–Crippen MR) is 40.4 cm³/mol. The summed E-state index contributed by atoms with van der Waals surface area (Å²) in [6.45, 7) is 1.97. The molecule has 0 aromatic carbocycles. The number of carbonyl (C=O) groups excluding carboxylic acids is 2. The van der Waals surface area contributed by atoms with Crippen LogP contribution in [0.15, 0.2) is 11.8 Å². The summed E-state index contributed by atoms with van der Waals surface area (Å²) in [4.78, 5) is 21.4. The molecule has 1 aliphatic carbocycles. The van der Waals surface area contributed by atoms with Crippen molar-refractivity contribution < 1.29 is 19.1 Å². The third-order valence-corrected chi connectivity index (χ3v) is 1.42. The van der Waals surface area contributed by atoms with E-state index in [-0.39, 0.29) is 12.4 Å². The molecule has 0 saturated heterocycles. The molecule has 0 aromatic rings. The van der Waals surface area contributed by atoms with E-state index in [0.717, 1.165) is 0 Å². The van der Waals surface area contributed by atoms with E-state index in [1.165, 1.54) is 6.08 Å². The van der Waals surface area contributed by atoms with Gasteiger partial charge in [-0.3, -0.25) is 4.79 Å². The van der Waals surface area contributed by atoms with Gasteiger partial charge in [0.1, 0.15) is 5.76 Å². The van der Waals surface area contributed by atoms with Gasteiger partial charge in [-0.05, 0) is 6.92 Å². The van der Waals surface area contributed by atoms with Crippen LogP contribution in [0.4, 0.5) is 4.79 Å². The van der Waals surface area contributed by atoms with Crippen LogP contribution in [0, 0.1) is 0 Å². The van der Waals surface area contributed by atoms with Crippen LogP contribution in [0.25, 0.3) is 0 Å². The van der Waals surface area contributed by atoms with E-state index in [9.17, 15) is 9.59 Å². The number of rotatable bonds is 2. The molecular weight excluding hydrogens is 160 g/mol. The topological polar surface area (TPSA) is 52.6 Å². The third-order valence-electron chi connectivity index (χ3n) is 1.42. The van der Waals surface area contributed by atoms with Gasteiger partial charge >= 0.3 is 6.16 Å². The second kappa shape index (κ2) is 3.90. The summed E-state index contributed by atoms with van der Waals surface area (Å²) >= 11 is 0. The maximum Gasteiger partial charge on any atom is 0.513 e. The maximum absolute atomic E-state index is 10.7. The molecule has 0 bridgehead atoms. The molecule has 0 spiro atoms. The van der Waals surface area contributed by atoms with Crippen molar-refractivity contribution in [1.29, 1.82) is 0 Å². The van der Waals surface area contributed by atoms with E-state index in [0.29, 0.717) is 18.6 Å². The van der Waals surface area contributed by atoms with Crippen molar-refractivity contribution in [2.75, 3.05) is 6.61 Å². The summed E-state index contributed by atoms with van der Waals surface area (Å²) < 4.78 is 9.23. The lowest BCUT2D eigenvalue weighted by molar-refractivity contribution is -0.114. The van der Waals surface area contributed by atoms with Crippen molar-refractivity contribution in [3.8, 4) is 0 Å². The second-order valence-corrected chi connectivity index (χ2v) is 2.36. The summed E-state index contributed by atoms with van der Waals surface area (Å²) in [5.41, 5.74) is 0. The highest BCUT2D eigenvalue weighted by Gasteiger charge is 2.16. The van der Waals surface area contributed by atoms with Gasteiger partial charge in [-0.2, -0.15) is 0 Å². The number of allylic oxidation sites excluding steroid dienone is 2. The molecule has 0 unspecified atom stereocenters. The first kappa shape index (κ1) is 8.77. The Bertz CT molecular complexity index is 229. The lowest BCUT2D eigenvalue weighted by Gasteiger charge is -2.02.